The van der Waals surface area contributed by atoms with Gasteiger partial charge in [-0.2, -0.15) is 0 Å². The number of fused-ring (bicyclic) bond motifs is 4. The molecule has 1 aliphatic carbocycles. The minimum atomic E-state index is 0.852. The summed E-state index contributed by atoms with van der Waals surface area (Å²) in [6, 6.07) is 19.2. The second kappa shape index (κ2) is 5.41. The lowest BCUT2D eigenvalue weighted by Gasteiger charge is -1.98. The second-order valence-corrected chi connectivity index (χ2v) is 5.19. The lowest BCUT2D eigenvalue weighted by molar-refractivity contribution is 0.867. The van der Waals surface area contributed by atoms with E-state index in [0.29, 0.717) is 0 Å². The number of nitrogens with one attached hydrogen (secondary N) is 1. The molecular formula is C18H14N4. The molecule has 0 amide bonds. The highest BCUT2D eigenvalue weighted by atomic mass is 15.3. The molecular weight excluding hydrogens is 272 g/mol. The van der Waals surface area contributed by atoms with E-state index in [-0.39, 0.29) is 0 Å². The SMILES string of the molecule is c1cc2[nH]nncc-2n1.c1ccc2c(c1)Cc1ccccc1-2. The van der Waals surface area contributed by atoms with Crippen LogP contribution in [0, 0.1) is 0 Å². The molecule has 0 saturated carbocycles. The largest absolute Gasteiger partial charge is 0.258 e. The van der Waals surface area contributed by atoms with Crippen molar-refractivity contribution in [2.75, 3.05) is 0 Å². The molecule has 1 N–H and O–H groups in total. The van der Waals surface area contributed by atoms with E-state index in [4.69, 9.17) is 0 Å². The Morgan fingerprint density at radius 2 is 1.50 bits per heavy atom. The molecule has 4 nitrogen and oxygen atoms in total. The fourth-order valence-corrected chi connectivity index (χ4v) is 2.79. The van der Waals surface area contributed by atoms with Gasteiger partial charge in [0.15, 0.2) is 0 Å². The van der Waals surface area contributed by atoms with Gasteiger partial charge in [-0.15, -0.1) is 5.10 Å². The van der Waals surface area contributed by atoms with E-state index in [9.17, 15) is 0 Å². The average Bonchev–Trinajstić information content (AvgIpc) is 3.19. The van der Waals surface area contributed by atoms with Crippen LogP contribution in [0.1, 0.15) is 11.1 Å². The number of hydrogen-bond acceptors (Lipinski definition) is 3. The van der Waals surface area contributed by atoms with Crippen molar-refractivity contribution in [3.63, 3.8) is 0 Å². The predicted molar refractivity (Wildman–Crippen MR) is 85.5 cm³/mol. The van der Waals surface area contributed by atoms with Crippen molar-refractivity contribution in [1.82, 2.24) is 20.4 Å². The van der Waals surface area contributed by atoms with Crippen molar-refractivity contribution in [3.05, 3.63) is 78.1 Å². The fraction of sp³-hybridized carbons (Fsp3) is 0.0556. The number of benzene rings is 2. The monoisotopic (exact) mass is 286 g/mol. The third-order valence-corrected chi connectivity index (χ3v) is 3.84. The molecule has 0 unspecified atom stereocenters. The number of hydrogen-bond donors (Lipinski definition) is 1. The summed E-state index contributed by atoms with van der Waals surface area (Å²) < 4.78 is 0. The Hall–Kier alpha value is -3.01. The summed E-state index contributed by atoms with van der Waals surface area (Å²) >= 11 is 0. The summed E-state index contributed by atoms with van der Waals surface area (Å²) in [5, 5.41) is 9.89. The van der Waals surface area contributed by atoms with E-state index in [2.05, 4.69) is 68.9 Å². The number of rotatable bonds is 0. The summed E-state index contributed by atoms with van der Waals surface area (Å²) in [6.07, 6.45) is 4.43. The first-order valence-corrected chi connectivity index (χ1v) is 7.19. The molecule has 0 saturated heterocycles. The third-order valence-electron chi connectivity index (χ3n) is 3.84. The van der Waals surface area contributed by atoms with E-state index < -0.39 is 0 Å². The van der Waals surface area contributed by atoms with E-state index in [1.54, 1.807) is 12.4 Å². The van der Waals surface area contributed by atoms with Crippen molar-refractivity contribution in [1.29, 1.82) is 0 Å². The van der Waals surface area contributed by atoms with Gasteiger partial charge in [-0.25, -0.2) is 0 Å². The van der Waals surface area contributed by atoms with Crippen molar-refractivity contribution >= 4 is 0 Å². The molecule has 2 aromatic rings. The second-order valence-electron chi connectivity index (χ2n) is 5.19. The first kappa shape index (κ1) is 12.7. The minimum absolute atomic E-state index is 0.852. The summed E-state index contributed by atoms with van der Waals surface area (Å²) in [5.74, 6) is 0. The standard InChI is InChI=1S/C13H10.C5H4N4/c1-3-7-12-10(5-1)9-11-6-2-4-8-13(11)12;1-2-6-5-3-7-9-8-4(1)5/h1-8H,9H2;1-3H,(H,7,8). The van der Waals surface area contributed by atoms with Crippen LogP contribution in [0.3, 0.4) is 0 Å². The Morgan fingerprint density at radius 3 is 2.18 bits per heavy atom. The van der Waals surface area contributed by atoms with Crippen LogP contribution in [0.5, 0.6) is 0 Å². The smallest absolute Gasteiger partial charge is 0.108 e. The van der Waals surface area contributed by atoms with Gasteiger partial charge < -0.3 is 0 Å². The zero-order valence-corrected chi connectivity index (χ0v) is 11.9. The molecule has 22 heavy (non-hydrogen) atoms. The van der Waals surface area contributed by atoms with Gasteiger partial charge in [0.2, 0.25) is 0 Å². The number of aromatic nitrogens is 4. The van der Waals surface area contributed by atoms with Gasteiger partial charge in [0, 0.05) is 6.20 Å². The van der Waals surface area contributed by atoms with Crippen LogP contribution in [0.2, 0.25) is 0 Å². The van der Waals surface area contributed by atoms with Gasteiger partial charge in [-0.05, 0) is 34.7 Å². The quantitative estimate of drug-likeness (QED) is 0.473. The molecule has 0 radical (unpaired) electrons. The van der Waals surface area contributed by atoms with Gasteiger partial charge in [-0.1, -0.05) is 53.7 Å². The predicted octanol–water partition coefficient (Wildman–Crippen LogP) is 3.56. The Labute approximate surface area is 128 Å². The molecule has 0 fully saturated rings. The van der Waals surface area contributed by atoms with Crippen molar-refractivity contribution in [2.24, 2.45) is 0 Å². The van der Waals surface area contributed by atoms with Crippen LogP contribution < -0.4 is 0 Å². The van der Waals surface area contributed by atoms with Gasteiger partial charge in [0.25, 0.3) is 0 Å². The molecule has 4 heteroatoms. The zero-order chi connectivity index (χ0) is 14.8. The summed E-state index contributed by atoms with van der Waals surface area (Å²) in [5.41, 5.74) is 7.53. The summed E-state index contributed by atoms with van der Waals surface area (Å²) in [7, 11) is 0. The molecule has 2 heterocycles. The summed E-state index contributed by atoms with van der Waals surface area (Å²) in [6.45, 7) is 0. The van der Waals surface area contributed by atoms with Crippen LogP contribution in [0.15, 0.2) is 67.0 Å². The molecule has 5 rings (SSSR count). The normalized spacial score (nSPS) is 11.5. The molecule has 0 aromatic heterocycles. The van der Waals surface area contributed by atoms with Crippen LogP contribution in [0.4, 0.5) is 0 Å². The van der Waals surface area contributed by atoms with Gasteiger partial charge >= 0.3 is 0 Å². The lowest BCUT2D eigenvalue weighted by Crippen LogP contribution is -1.88. The summed E-state index contributed by atoms with van der Waals surface area (Å²) in [4.78, 5) is 3.98. The van der Waals surface area contributed by atoms with Gasteiger partial charge in [-0.3, -0.25) is 10.1 Å². The highest BCUT2D eigenvalue weighted by Crippen LogP contribution is 2.35. The maximum atomic E-state index is 3.98. The van der Waals surface area contributed by atoms with Crippen molar-refractivity contribution in [2.45, 2.75) is 6.42 Å². The van der Waals surface area contributed by atoms with Crippen LogP contribution in [0.25, 0.3) is 22.5 Å². The third kappa shape index (κ3) is 2.24. The maximum Gasteiger partial charge on any atom is 0.108 e. The average molecular weight is 286 g/mol. The van der Waals surface area contributed by atoms with E-state index in [0.717, 1.165) is 17.8 Å². The topological polar surface area (TPSA) is 54.5 Å². The Balaban J connectivity index is 0.000000122. The molecule has 0 bridgehead atoms. The number of H-pyrrole nitrogens is 1. The van der Waals surface area contributed by atoms with E-state index in [1.165, 1.54) is 22.3 Å². The lowest BCUT2D eigenvalue weighted by atomic mass is 10.1. The van der Waals surface area contributed by atoms with Gasteiger partial charge in [0.05, 0.1) is 11.9 Å². The van der Waals surface area contributed by atoms with Crippen molar-refractivity contribution in [3.8, 4) is 22.5 Å². The van der Waals surface area contributed by atoms with Crippen LogP contribution in [-0.2, 0) is 6.42 Å². The Kier molecular flexibility index (Phi) is 3.12. The number of nitrogens with zero attached hydrogens (tertiary/aromatic N) is 3. The van der Waals surface area contributed by atoms with Crippen LogP contribution in [-0.4, -0.2) is 20.4 Å². The van der Waals surface area contributed by atoms with E-state index >= 15 is 0 Å². The fourth-order valence-electron chi connectivity index (χ4n) is 2.79. The molecule has 2 aliphatic heterocycles. The van der Waals surface area contributed by atoms with Gasteiger partial charge in [0.1, 0.15) is 5.69 Å². The first-order chi connectivity index (χ1) is 10.9. The molecule has 0 atom stereocenters. The number of aromatic amines is 1. The molecule has 2 aromatic carbocycles. The van der Waals surface area contributed by atoms with E-state index in [1.807, 2.05) is 6.07 Å². The minimum Gasteiger partial charge on any atom is -0.258 e. The maximum absolute atomic E-state index is 3.98. The molecule has 106 valence electrons. The molecule has 3 aliphatic rings. The first-order valence-electron chi connectivity index (χ1n) is 7.19. The highest BCUT2D eigenvalue weighted by molar-refractivity contribution is 5.76. The van der Waals surface area contributed by atoms with Crippen molar-refractivity contribution < 1.29 is 0 Å². The highest BCUT2D eigenvalue weighted by Gasteiger charge is 2.15. The zero-order valence-electron chi connectivity index (χ0n) is 11.9. The Bertz CT molecular complexity index is 811. The van der Waals surface area contributed by atoms with Crippen LogP contribution >= 0.6 is 0 Å². The molecule has 0 spiro atoms. The Morgan fingerprint density at radius 1 is 0.818 bits per heavy atom.